The van der Waals surface area contributed by atoms with Crippen molar-refractivity contribution in [1.82, 2.24) is 0 Å². The topological polar surface area (TPSA) is 60.7 Å². The van der Waals surface area contributed by atoms with Gasteiger partial charge in [-0.15, -0.1) is 0 Å². The summed E-state index contributed by atoms with van der Waals surface area (Å²) in [4.78, 5) is 0. The van der Waals surface area contributed by atoms with Crippen LogP contribution in [0.5, 0.6) is 0 Å². The highest BCUT2D eigenvalue weighted by atomic mass is 16.3. The van der Waals surface area contributed by atoms with E-state index < -0.39 is 0 Å². The molecule has 0 fully saturated rings. The van der Waals surface area contributed by atoms with Crippen LogP contribution in [0, 0.1) is 0 Å². The molecule has 0 bridgehead atoms. The van der Waals surface area contributed by atoms with Crippen molar-refractivity contribution in [2.75, 3.05) is 13.2 Å². The molecule has 1 atom stereocenters. The Kier molecular flexibility index (Phi) is 17.8. The second-order valence-corrected chi connectivity index (χ2v) is 6.27. The Balaban J connectivity index is 3.09. The molecule has 0 saturated heterocycles. The van der Waals surface area contributed by atoms with Gasteiger partial charge in [0.25, 0.3) is 0 Å². The van der Waals surface area contributed by atoms with Gasteiger partial charge in [0, 0.05) is 13.2 Å². The number of aliphatic hydroxyl groups excluding tert-OH is 3. The Morgan fingerprint density at radius 3 is 1.05 bits per heavy atom. The maximum absolute atomic E-state index is 9.86. The first-order valence-electron chi connectivity index (χ1n) is 9.21. The molecular formula is C18H38O3. The van der Waals surface area contributed by atoms with Gasteiger partial charge in [0.2, 0.25) is 0 Å². The SMILES string of the molecule is OCCCCCCCCCCCC(O)CCCCCCO. The van der Waals surface area contributed by atoms with Gasteiger partial charge in [-0.2, -0.15) is 0 Å². The van der Waals surface area contributed by atoms with Crippen LogP contribution in [0.15, 0.2) is 0 Å². The summed E-state index contributed by atoms with van der Waals surface area (Å²) in [5.74, 6) is 0. The van der Waals surface area contributed by atoms with E-state index in [-0.39, 0.29) is 6.10 Å². The summed E-state index contributed by atoms with van der Waals surface area (Å²) in [7, 11) is 0. The lowest BCUT2D eigenvalue weighted by molar-refractivity contribution is 0.147. The molecule has 0 rings (SSSR count). The van der Waals surface area contributed by atoms with Gasteiger partial charge in [-0.25, -0.2) is 0 Å². The van der Waals surface area contributed by atoms with Crippen molar-refractivity contribution in [3.8, 4) is 0 Å². The highest BCUT2D eigenvalue weighted by molar-refractivity contribution is 4.57. The predicted octanol–water partition coefficient (Wildman–Crippen LogP) is 4.18. The molecule has 0 aliphatic heterocycles. The van der Waals surface area contributed by atoms with Crippen LogP contribution in [0.2, 0.25) is 0 Å². The summed E-state index contributed by atoms with van der Waals surface area (Å²) in [6, 6.07) is 0. The van der Waals surface area contributed by atoms with E-state index in [0.29, 0.717) is 13.2 Å². The zero-order valence-corrected chi connectivity index (χ0v) is 13.9. The summed E-state index contributed by atoms with van der Waals surface area (Å²) in [6.45, 7) is 0.633. The fraction of sp³-hybridized carbons (Fsp3) is 1.00. The van der Waals surface area contributed by atoms with Gasteiger partial charge >= 0.3 is 0 Å². The molecule has 0 heterocycles. The zero-order chi connectivity index (χ0) is 15.6. The molecule has 3 N–H and O–H groups in total. The van der Waals surface area contributed by atoms with Gasteiger partial charge in [-0.3, -0.25) is 0 Å². The summed E-state index contributed by atoms with van der Waals surface area (Å²) in [6.07, 6.45) is 17.0. The molecule has 0 saturated carbocycles. The number of hydrogen-bond acceptors (Lipinski definition) is 3. The molecule has 0 radical (unpaired) electrons. The van der Waals surface area contributed by atoms with Crippen molar-refractivity contribution in [3.05, 3.63) is 0 Å². The average molecular weight is 302 g/mol. The molecule has 0 aliphatic carbocycles. The van der Waals surface area contributed by atoms with E-state index >= 15 is 0 Å². The van der Waals surface area contributed by atoms with Crippen LogP contribution < -0.4 is 0 Å². The molecule has 0 amide bonds. The minimum Gasteiger partial charge on any atom is -0.396 e. The normalized spacial score (nSPS) is 12.7. The minimum absolute atomic E-state index is 0.113. The molecule has 21 heavy (non-hydrogen) atoms. The number of aliphatic hydroxyl groups is 3. The first kappa shape index (κ1) is 20.9. The molecular weight excluding hydrogens is 264 g/mol. The Bertz CT molecular complexity index is 185. The van der Waals surface area contributed by atoms with Crippen LogP contribution in [0.3, 0.4) is 0 Å². The van der Waals surface area contributed by atoms with Crippen molar-refractivity contribution in [1.29, 1.82) is 0 Å². The maximum atomic E-state index is 9.86. The number of unbranched alkanes of at least 4 members (excludes halogenated alkanes) is 11. The Labute approximate surface area is 131 Å². The quantitative estimate of drug-likeness (QED) is 0.353. The van der Waals surface area contributed by atoms with Crippen LogP contribution in [-0.2, 0) is 0 Å². The van der Waals surface area contributed by atoms with E-state index in [4.69, 9.17) is 10.2 Å². The van der Waals surface area contributed by atoms with E-state index in [0.717, 1.165) is 51.4 Å². The van der Waals surface area contributed by atoms with Crippen LogP contribution in [0.4, 0.5) is 0 Å². The standard InChI is InChI=1S/C18H38O3/c19-16-12-8-5-3-1-2-4-6-10-14-18(21)15-11-7-9-13-17-20/h18-21H,1-17H2. The van der Waals surface area contributed by atoms with Crippen molar-refractivity contribution in [3.63, 3.8) is 0 Å². The summed E-state index contributed by atoms with van der Waals surface area (Å²) < 4.78 is 0. The maximum Gasteiger partial charge on any atom is 0.0540 e. The molecule has 128 valence electrons. The summed E-state index contributed by atoms with van der Waals surface area (Å²) in [5.41, 5.74) is 0. The van der Waals surface area contributed by atoms with E-state index in [2.05, 4.69) is 0 Å². The van der Waals surface area contributed by atoms with E-state index in [1.165, 1.54) is 44.9 Å². The van der Waals surface area contributed by atoms with E-state index in [1.807, 2.05) is 0 Å². The largest absolute Gasteiger partial charge is 0.396 e. The average Bonchev–Trinajstić information content (AvgIpc) is 2.49. The van der Waals surface area contributed by atoms with Crippen LogP contribution in [-0.4, -0.2) is 34.6 Å². The highest BCUT2D eigenvalue weighted by Crippen LogP contribution is 2.14. The zero-order valence-electron chi connectivity index (χ0n) is 13.9. The van der Waals surface area contributed by atoms with Gasteiger partial charge < -0.3 is 15.3 Å². The second kappa shape index (κ2) is 17.9. The van der Waals surface area contributed by atoms with Crippen molar-refractivity contribution in [2.45, 2.75) is 102 Å². The monoisotopic (exact) mass is 302 g/mol. The van der Waals surface area contributed by atoms with Gasteiger partial charge in [-0.05, 0) is 25.7 Å². The molecule has 0 aromatic carbocycles. The number of hydrogen-bond donors (Lipinski definition) is 3. The summed E-state index contributed by atoms with van der Waals surface area (Å²) >= 11 is 0. The lowest BCUT2D eigenvalue weighted by atomic mass is 10.0. The first-order valence-corrected chi connectivity index (χ1v) is 9.21. The Morgan fingerprint density at radius 1 is 0.429 bits per heavy atom. The predicted molar refractivity (Wildman–Crippen MR) is 89.4 cm³/mol. The molecule has 0 aliphatic rings. The third-order valence-electron chi connectivity index (χ3n) is 4.14. The Morgan fingerprint density at radius 2 is 0.714 bits per heavy atom. The molecule has 0 aromatic heterocycles. The van der Waals surface area contributed by atoms with Gasteiger partial charge in [0.1, 0.15) is 0 Å². The third-order valence-corrected chi connectivity index (χ3v) is 4.14. The fourth-order valence-electron chi connectivity index (χ4n) is 2.72. The first-order chi connectivity index (χ1) is 10.3. The third kappa shape index (κ3) is 17.8. The molecule has 3 nitrogen and oxygen atoms in total. The van der Waals surface area contributed by atoms with Gasteiger partial charge in [0.15, 0.2) is 0 Å². The highest BCUT2D eigenvalue weighted by Gasteiger charge is 2.03. The van der Waals surface area contributed by atoms with E-state index in [9.17, 15) is 5.11 Å². The molecule has 1 unspecified atom stereocenters. The fourth-order valence-corrected chi connectivity index (χ4v) is 2.72. The number of rotatable bonds is 17. The van der Waals surface area contributed by atoms with Crippen LogP contribution in [0.25, 0.3) is 0 Å². The lowest BCUT2D eigenvalue weighted by Gasteiger charge is -2.10. The van der Waals surface area contributed by atoms with Gasteiger partial charge in [-0.1, -0.05) is 70.6 Å². The van der Waals surface area contributed by atoms with Crippen molar-refractivity contribution >= 4 is 0 Å². The van der Waals surface area contributed by atoms with Gasteiger partial charge in [0.05, 0.1) is 6.10 Å². The molecule has 3 heteroatoms. The molecule has 0 aromatic rings. The molecule has 0 spiro atoms. The second-order valence-electron chi connectivity index (χ2n) is 6.27. The van der Waals surface area contributed by atoms with E-state index in [1.54, 1.807) is 0 Å². The summed E-state index contributed by atoms with van der Waals surface area (Å²) in [5, 5.41) is 27.2. The van der Waals surface area contributed by atoms with Crippen molar-refractivity contribution < 1.29 is 15.3 Å². The Hall–Kier alpha value is -0.120. The lowest BCUT2D eigenvalue weighted by Crippen LogP contribution is -2.06. The van der Waals surface area contributed by atoms with Crippen LogP contribution in [0.1, 0.15) is 96.3 Å². The smallest absolute Gasteiger partial charge is 0.0540 e. The van der Waals surface area contributed by atoms with Crippen LogP contribution >= 0.6 is 0 Å². The minimum atomic E-state index is -0.113. The van der Waals surface area contributed by atoms with Crippen molar-refractivity contribution in [2.24, 2.45) is 0 Å².